The van der Waals surface area contributed by atoms with Crippen molar-refractivity contribution in [2.45, 2.75) is 6.42 Å². The van der Waals surface area contributed by atoms with Gasteiger partial charge in [0, 0.05) is 10.7 Å². The fourth-order valence-corrected chi connectivity index (χ4v) is 1.85. The van der Waals surface area contributed by atoms with Crippen molar-refractivity contribution in [3.63, 3.8) is 0 Å². The molecule has 3 nitrogen and oxygen atoms in total. The van der Waals surface area contributed by atoms with Crippen molar-refractivity contribution < 1.29 is 0 Å². The van der Waals surface area contributed by atoms with E-state index in [1.807, 2.05) is 6.07 Å². The number of nitrogens with zero attached hydrogens (tertiary/aromatic N) is 2. The fraction of sp³-hybridized carbons (Fsp3) is 0.200. The Morgan fingerprint density at radius 1 is 1.29 bits per heavy atom. The summed E-state index contributed by atoms with van der Waals surface area (Å²) in [5.74, 6) is 0.542. The highest BCUT2D eigenvalue weighted by Gasteiger charge is 2.00. The van der Waals surface area contributed by atoms with E-state index in [1.54, 1.807) is 0 Å². The van der Waals surface area contributed by atoms with Crippen LogP contribution in [0.1, 0.15) is 5.56 Å². The molecule has 2 rings (SSSR count). The number of nitrogens with two attached hydrogens (primary N) is 1. The molecule has 0 bridgehead atoms. The van der Waals surface area contributed by atoms with Gasteiger partial charge in [-0.2, -0.15) is 0 Å². The van der Waals surface area contributed by atoms with E-state index in [1.165, 1.54) is 11.9 Å². The van der Waals surface area contributed by atoms with Crippen LogP contribution in [0.15, 0.2) is 24.5 Å². The van der Waals surface area contributed by atoms with E-state index in [0.717, 1.165) is 22.7 Å². The van der Waals surface area contributed by atoms with Crippen molar-refractivity contribution in [3.8, 4) is 0 Å². The standard InChI is InChI=1S/C10H10BrN3/c11-4-3-7-1-2-8-9(5-7)13-6-14-10(8)12/h1-2,5-6H,3-4H2,(H2,12,13,14). The van der Waals surface area contributed by atoms with Crippen LogP contribution in [0.25, 0.3) is 10.9 Å². The minimum atomic E-state index is 0.542. The van der Waals surface area contributed by atoms with Crippen LogP contribution in [-0.4, -0.2) is 15.3 Å². The Morgan fingerprint density at radius 3 is 2.93 bits per heavy atom. The normalized spacial score (nSPS) is 10.6. The van der Waals surface area contributed by atoms with Crippen molar-refractivity contribution in [3.05, 3.63) is 30.1 Å². The van der Waals surface area contributed by atoms with Gasteiger partial charge in [0.05, 0.1) is 5.52 Å². The summed E-state index contributed by atoms with van der Waals surface area (Å²) in [6.45, 7) is 0. The molecule has 0 saturated carbocycles. The number of aryl methyl sites for hydroxylation is 1. The summed E-state index contributed by atoms with van der Waals surface area (Å²) in [7, 11) is 0. The van der Waals surface area contributed by atoms with Gasteiger partial charge in [0.25, 0.3) is 0 Å². The van der Waals surface area contributed by atoms with E-state index in [-0.39, 0.29) is 0 Å². The van der Waals surface area contributed by atoms with Crippen molar-refractivity contribution >= 4 is 32.7 Å². The summed E-state index contributed by atoms with van der Waals surface area (Å²) in [6.07, 6.45) is 2.50. The highest BCUT2D eigenvalue weighted by molar-refractivity contribution is 9.09. The lowest BCUT2D eigenvalue weighted by Gasteiger charge is -2.02. The van der Waals surface area contributed by atoms with Gasteiger partial charge in [-0.25, -0.2) is 9.97 Å². The van der Waals surface area contributed by atoms with Crippen LogP contribution in [0.5, 0.6) is 0 Å². The van der Waals surface area contributed by atoms with Crippen molar-refractivity contribution in [2.24, 2.45) is 0 Å². The number of anilines is 1. The van der Waals surface area contributed by atoms with Gasteiger partial charge in [0.1, 0.15) is 12.1 Å². The molecule has 14 heavy (non-hydrogen) atoms. The molecule has 0 radical (unpaired) electrons. The van der Waals surface area contributed by atoms with Crippen LogP contribution in [-0.2, 0) is 6.42 Å². The molecular formula is C10H10BrN3. The molecular weight excluding hydrogens is 242 g/mol. The Bertz CT molecular complexity index is 456. The average Bonchev–Trinajstić information content (AvgIpc) is 2.18. The smallest absolute Gasteiger partial charge is 0.134 e. The lowest BCUT2D eigenvalue weighted by Crippen LogP contribution is -1.94. The molecule has 0 aliphatic rings. The first-order valence-corrected chi connectivity index (χ1v) is 5.48. The van der Waals surface area contributed by atoms with E-state index >= 15 is 0 Å². The molecule has 1 aromatic carbocycles. The van der Waals surface area contributed by atoms with Gasteiger partial charge in [-0.05, 0) is 24.1 Å². The SMILES string of the molecule is Nc1ncnc2cc(CCBr)ccc12. The Morgan fingerprint density at radius 2 is 2.14 bits per heavy atom. The number of aromatic nitrogens is 2. The summed E-state index contributed by atoms with van der Waals surface area (Å²) >= 11 is 3.41. The summed E-state index contributed by atoms with van der Waals surface area (Å²) in [4.78, 5) is 8.12. The van der Waals surface area contributed by atoms with Crippen molar-refractivity contribution in [1.29, 1.82) is 0 Å². The summed E-state index contributed by atoms with van der Waals surface area (Å²) < 4.78 is 0. The molecule has 72 valence electrons. The number of alkyl halides is 1. The number of halogens is 1. The van der Waals surface area contributed by atoms with Crippen LogP contribution in [0.3, 0.4) is 0 Å². The van der Waals surface area contributed by atoms with Crippen LogP contribution in [0.4, 0.5) is 5.82 Å². The minimum Gasteiger partial charge on any atom is -0.383 e. The van der Waals surface area contributed by atoms with Gasteiger partial charge in [-0.15, -0.1) is 0 Å². The molecule has 0 spiro atoms. The maximum absolute atomic E-state index is 5.72. The minimum absolute atomic E-state index is 0.542. The lowest BCUT2D eigenvalue weighted by molar-refractivity contribution is 1.16. The molecule has 2 aromatic rings. The molecule has 1 heterocycles. The third-order valence-electron chi connectivity index (χ3n) is 2.11. The fourth-order valence-electron chi connectivity index (χ4n) is 1.39. The number of hydrogen-bond acceptors (Lipinski definition) is 3. The molecule has 2 N–H and O–H groups in total. The first kappa shape index (κ1) is 9.40. The topological polar surface area (TPSA) is 51.8 Å². The van der Waals surface area contributed by atoms with Gasteiger partial charge in [-0.3, -0.25) is 0 Å². The zero-order valence-electron chi connectivity index (χ0n) is 7.57. The number of fused-ring (bicyclic) bond motifs is 1. The third-order valence-corrected chi connectivity index (χ3v) is 2.51. The molecule has 0 fully saturated rings. The number of rotatable bonds is 2. The molecule has 0 atom stereocenters. The van der Waals surface area contributed by atoms with E-state index < -0.39 is 0 Å². The van der Waals surface area contributed by atoms with Crippen LogP contribution in [0, 0.1) is 0 Å². The van der Waals surface area contributed by atoms with E-state index in [2.05, 4.69) is 38.0 Å². The monoisotopic (exact) mass is 251 g/mol. The van der Waals surface area contributed by atoms with E-state index in [4.69, 9.17) is 5.73 Å². The molecule has 0 aliphatic heterocycles. The maximum Gasteiger partial charge on any atom is 0.134 e. The second-order valence-corrected chi connectivity index (χ2v) is 3.84. The van der Waals surface area contributed by atoms with Gasteiger partial charge < -0.3 is 5.73 Å². The highest BCUT2D eigenvalue weighted by Crippen LogP contribution is 2.18. The summed E-state index contributed by atoms with van der Waals surface area (Å²) in [6, 6.07) is 6.08. The second kappa shape index (κ2) is 3.92. The van der Waals surface area contributed by atoms with Gasteiger partial charge in [0.15, 0.2) is 0 Å². The summed E-state index contributed by atoms with van der Waals surface area (Å²) in [5, 5.41) is 1.88. The Hall–Kier alpha value is -1.16. The second-order valence-electron chi connectivity index (χ2n) is 3.05. The first-order chi connectivity index (χ1) is 6.81. The van der Waals surface area contributed by atoms with Crippen LogP contribution in [0.2, 0.25) is 0 Å². The largest absolute Gasteiger partial charge is 0.383 e. The van der Waals surface area contributed by atoms with E-state index in [0.29, 0.717) is 5.82 Å². The molecule has 0 unspecified atom stereocenters. The zero-order valence-corrected chi connectivity index (χ0v) is 9.16. The van der Waals surface area contributed by atoms with Crippen molar-refractivity contribution in [1.82, 2.24) is 9.97 Å². The maximum atomic E-state index is 5.72. The van der Waals surface area contributed by atoms with Crippen LogP contribution >= 0.6 is 15.9 Å². The van der Waals surface area contributed by atoms with Gasteiger partial charge in [-0.1, -0.05) is 22.0 Å². The Balaban J connectivity index is 2.56. The molecule has 4 heteroatoms. The quantitative estimate of drug-likeness (QED) is 0.833. The highest BCUT2D eigenvalue weighted by atomic mass is 79.9. The van der Waals surface area contributed by atoms with Gasteiger partial charge in [0.2, 0.25) is 0 Å². The molecule has 0 aliphatic carbocycles. The average molecular weight is 252 g/mol. The Labute approximate surface area is 90.5 Å². The van der Waals surface area contributed by atoms with Crippen LogP contribution < -0.4 is 5.73 Å². The summed E-state index contributed by atoms with van der Waals surface area (Å²) in [5.41, 5.74) is 7.89. The predicted octanol–water partition coefficient (Wildman–Crippen LogP) is 2.15. The molecule has 1 aromatic heterocycles. The Kier molecular flexibility index (Phi) is 2.63. The number of benzene rings is 1. The molecule has 0 saturated heterocycles. The number of nitrogen functional groups attached to an aromatic ring is 1. The zero-order chi connectivity index (χ0) is 9.97. The van der Waals surface area contributed by atoms with E-state index in [9.17, 15) is 0 Å². The number of hydrogen-bond donors (Lipinski definition) is 1. The third kappa shape index (κ3) is 1.70. The predicted molar refractivity (Wildman–Crippen MR) is 61.4 cm³/mol. The first-order valence-electron chi connectivity index (χ1n) is 4.36. The lowest BCUT2D eigenvalue weighted by atomic mass is 10.1. The van der Waals surface area contributed by atoms with Gasteiger partial charge >= 0.3 is 0 Å². The molecule has 0 amide bonds. The van der Waals surface area contributed by atoms with Crippen molar-refractivity contribution in [2.75, 3.05) is 11.1 Å².